The van der Waals surface area contributed by atoms with Gasteiger partial charge in [0.15, 0.2) is 0 Å². The van der Waals surface area contributed by atoms with Crippen LogP contribution < -0.4 is 4.90 Å². The third-order valence-corrected chi connectivity index (χ3v) is 4.70. The lowest BCUT2D eigenvalue weighted by molar-refractivity contribution is -0.136. The molecule has 0 N–H and O–H groups in total. The van der Waals surface area contributed by atoms with Gasteiger partial charge < -0.3 is 4.74 Å². The minimum absolute atomic E-state index is 0.248. The number of nitrogens with zero attached hydrogens (tertiary/aromatic N) is 1. The number of methoxy groups -OCH3 is 1. The quantitative estimate of drug-likeness (QED) is 0.546. The minimum atomic E-state index is -0.521. The molecule has 26 heavy (non-hydrogen) atoms. The number of benzene rings is 2. The molecular formula is C21H18BrNO3. The van der Waals surface area contributed by atoms with Crippen molar-refractivity contribution in [3.05, 3.63) is 81.0 Å². The van der Waals surface area contributed by atoms with Gasteiger partial charge in [0.05, 0.1) is 23.9 Å². The maximum Gasteiger partial charge on any atom is 0.340 e. The van der Waals surface area contributed by atoms with Crippen LogP contribution in [0.3, 0.4) is 0 Å². The Morgan fingerprint density at radius 3 is 2.50 bits per heavy atom. The van der Waals surface area contributed by atoms with Gasteiger partial charge in [0, 0.05) is 10.2 Å². The summed E-state index contributed by atoms with van der Waals surface area (Å²) in [5.74, 6) is -0.769. The number of aryl methyl sites for hydroxylation is 1. The highest BCUT2D eigenvalue weighted by Gasteiger charge is 2.37. The number of amides is 1. The lowest BCUT2D eigenvalue weighted by atomic mass is 10.0. The minimum Gasteiger partial charge on any atom is -0.465 e. The molecule has 3 rings (SSSR count). The first-order chi connectivity index (χ1) is 12.4. The number of anilines is 1. The van der Waals surface area contributed by atoms with Crippen LogP contribution in [0.15, 0.2) is 69.8 Å². The Bertz CT molecular complexity index is 959. The second-order valence-electron chi connectivity index (χ2n) is 6.04. The van der Waals surface area contributed by atoms with Crippen LogP contribution in [0, 0.1) is 6.92 Å². The number of esters is 1. The Balaban J connectivity index is 2.15. The highest BCUT2D eigenvalue weighted by atomic mass is 79.9. The zero-order valence-corrected chi connectivity index (χ0v) is 16.3. The summed E-state index contributed by atoms with van der Waals surface area (Å²) in [5.41, 5.74) is 3.81. The van der Waals surface area contributed by atoms with Gasteiger partial charge in [0.25, 0.3) is 5.91 Å². The molecule has 5 heteroatoms. The molecule has 1 heterocycles. The molecule has 0 atom stereocenters. The van der Waals surface area contributed by atoms with Gasteiger partial charge in [-0.2, -0.15) is 0 Å². The van der Waals surface area contributed by atoms with Crippen molar-refractivity contribution in [1.29, 1.82) is 0 Å². The Kier molecular flexibility index (Phi) is 5.09. The lowest BCUT2D eigenvalue weighted by Crippen LogP contribution is -2.24. The van der Waals surface area contributed by atoms with Crippen LogP contribution in [0.4, 0.5) is 5.69 Å². The van der Waals surface area contributed by atoms with Crippen molar-refractivity contribution < 1.29 is 14.3 Å². The third-order valence-electron chi connectivity index (χ3n) is 4.21. The lowest BCUT2D eigenvalue weighted by Gasteiger charge is -2.18. The first kappa shape index (κ1) is 18.1. The third kappa shape index (κ3) is 3.35. The van der Waals surface area contributed by atoms with Crippen LogP contribution in [0.1, 0.15) is 18.1 Å². The zero-order chi connectivity index (χ0) is 18.8. The van der Waals surface area contributed by atoms with E-state index < -0.39 is 5.97 Å². The van der Waals surface area contributed by atoms with Crippen molar-refractivity contribution in [2.24, 2.45) is 0 Å². The largest absolute Gasteiger partial charge is 0.465 e. The number of carbonyl (C=O) groups is 2. The Morgan fingerprint density at radius 2 is 1.85 bits per heavy atom. The van der Waals surface area contributed by atoms with Crippen LogP contribution in [0.25, 0.3) is 6.08 Å². The molecule has 0 aromatic heterocycles. The zero-order valence-electron chi connectivity index (χ0n) is 14.7. The summed E-state index contributed by atoms with van der Waals surface area (Å²) >= 11 is 3.42. The van der Waals surface area contributed by atoms with E-state index in [1.807, 2.05) is 55.5 Å². The molecule has 0 unspecified atom stereocenters. The molecule has 0 aliphatic carbocycles. The fourth-order valence-electron chi connectivity index (χ4n) is 3.03. The van der Waals surface area contributed by atoms with E-state index >= 15 is 0 Å². The molecule has 1 aliphatic heterocycles. The van der Waals surface area contributed by atoms with Crippen molar-refractivity contribution in [3.8, 4) is 0 Å². The van der Waals surface area contributed by atoms with Crippen LogP contribution in [0.2, 0.25) is 0 Å². The van der Waals surface area contributed by atoms with Crippen molar-refractivity contribution in [2.45, 2.75) is 13.8 Å². The van der Waals surface area contributed by atoms with E-state index in [4.69, 9.17) is 4.74 Å². The summed E-state index contributed by atoms with van der Waals surface area (Å²) in [5, 5.41) is 0. The molecule has 0 radical (unpaired) electrons. The molecule has 0 saturated heterocycles. The van der Waals surface area contributed by atoms with E-state index in [9.17, 15) is 9.59 Å². The number of carbonyl (C=O) groups excluding carboxylic acids is 2. The van der Waals surface area contributed by atoms with E-state index in [2.05, 4.69) is 15.9 Å². The van der Waals surface area contributed by atoms with Gasteiger partial charge in [-0.1, -0.05) is 51.8 Å². The molecule has 1 amide bonds. The summed E-state index contributed by atoms with van der Waals surface area (Å²) in [4.78, 5) is 27.1. The smallest absolute Gasteiger partial charge is 0.340 e. The predicted molar refractivity (Wildman–Crippen MR) is 106 cm³/mol. The highest BCUT2D eigenvalue weighted by Crippen LogP contribution is 2.36. The second-order valence-corrected chi connectivity index (χ2v) is 6.96. The highest BCUT2D eigenvalue weighted by molar-refractivity contribution is 9.10. The number of hydrogen-bond donors (Lipinski definition) is 0. The molecule has 2 aromatic rings. The molecule has 2 aromatic carbocycles. The van der Waals surface area contributed by atoms with Gasteiger partial charge >= 0.3 is 5.97 Å². The summed E-state index contributed by atoms with van der Waals surface area (Å²) < 4.78 is 5.78. The van der Waals surface area contributed by atoms with Gasteiger partial charge in [-0.25, -0.2) is 4.79 Å². The maximum absolute atomic E-state index is 13.1. The van der Waals surface area contributed by atoms with Gasteiger partial charge in [0.2, 0.25) is 0 Å². The first-order valence-electron chi connectivity index (χ1n) is 8.10. The Labute approximate surface area is 160 Å². The van der Waals surface area contributed by atoms with E-state index in [0.29, 0.717) is 22.5 Å². The monoisotopic (exact) mass is 411 g/mol. The molecule has 1 aliphatic rings. The number of rotatable bonds is 3. The van der Waals surface area contributed by atoms with E-state index in [-0.39, 0.29) is 5.91 Å². The summed E-state index contributed by atoms with van der Waals surface area (Å²) in [6.45, 7) is 3.73. The molecule has 0 spiro atoms. The topological polar surface area (TPSA) is 46.6 Å². The van der Waals surface area contributed by atoms with Crippen molar-refractivity contribution in [1.82, 2.24) is 0 Å². The van der Waals surface area contributed by atoms with Crippen LogP contribution >= 0.6 is 15.9 Å². The Morgan fingerprint density at radius 1 is 1.12 bits per heavy atom. The predicted octanol–water partition coefficient (Wildman–Crippen LogP) is 4.63. The standard InChI is InChI=1S/C21H18BrNO3/c1-13-6-4-7-15(10-13)11-18-19(21(25)26-3)14(2)23(20(18)24)17-9-5-8-16(22)12-17/h4-12H,1-3H3/b18-11-. The molecule has 0 bridgehead atoms. The number of ether oxygens (including phenoxy) is 1. The SMILES string of the molecule is COC(=O)C1=C(C)N(c2cccc(Br)c2)C(=O)/C1=C\c1cccc(C)c1. The molecule has 132 valence electrons. The molecular weight excluding hydrogens is 394 g/mol. The van der Waals surface area contributed by atoms with Crippen molar-refractivity contribution >= 4 is 39.6 Å². The maximum atomic E-state index is 13.1. The molecule has 0 saturated carbocycles. The van der Waals surface area contributed by atoms with Crippen LogP contribution in [0.5, 0.6) is 0 Å². The number of hydrogen-bond acceptors (Lipinski definition) is 3. The fourth-order valence-corrected chi connectivity index (χ4v) is 3.42. The van der Waals surface area contributed by atoms with E-state index in [1.165, 1.54) is 7.11 Å². The van der Waals surface area contributed by atoms with Gasteiger partial charge in [0.1, 0.15) is 0 Å². The average molecular weight is 412 g/mol. The van der Waals surface area contributed by atoms with Crippen molar-refractivity contribution in [3.63, 3.8) is 0 Å². The first-order valence-corrected chi connectivity index (χ1v) is 8.89. The summed E-state index contributed by atoms with van der Waals surface area (Å²) in [6.07, 6.45) is 1.74. The second kappa shape index (κ2) is 7.30. The molecule has 4 nitrogen and oxygen atoms in total. The number of halogens is 1. The van der Waals surface area contributed by atoms with Crippen molar-refractivity contribution in [2.75, 3.05) is 12.0 Å². The van der Waals surface area contributed by atoms with E-state index in [1.54, 1.807) is 17.9 Å². The fraction of sp³-hybridized carbons (Fsp3) is 0.143. The van der Waals surface area contributed by atoms with Gasteiger partial charge in [-0.05, 0) is 43.7 Å². The van der Waals surface area contributed by atoms with E-state index in [0.717, 1.165) is 15.6 Å². The average Bonchev–Trinajstić information content (AvgIpc) is 2.84. The van der Waals surface area contributed by atoms with Crippen LogP contribution in [-0.4, -0.2) is 19.0 Å². The summed E-state index contributed by atoms with van der Waals surface area (Å²) in [7, 11) is 1.32. The Hall–Kier alpha value is -2.66. The van der Waals surface area contributed by atoms with Gasteiger partial charge in [-0.15, -0.1) is 0 Å². The van der Waals surface area contributed by atoms with Crippen LogP contribution in [-0.2, 0) is 14.3 Å². The number of allylic oxidation sites excluding steroid dienone is 1. The van der Waals surface area contributed by atoms with Gasteiger partial charge in [-0.3, -0.25) is 9.69 Å². The summed E-state index contributed by atoms with van der Waals surface area (Å²) in [6, 6.07) is 15.2. The molecule has 0 fully saturated rings. The normalized spacial score (nSPS) is 15.8.